The summed E-state index contributed by atoms with van der Waals surface area (Å²) < 4.78 is 54.3. The number of esters is 1. The highest BCUT2D eigenvalue weighted by Crippen LogP contribution is 2.41. The van der Waals surface area contributed by atoms with Gasteiger partial charge in [0.25, 0.3) is 0 Å². The quantitative estimate of drug-likeness (QED) is 0.131. The first-order valence-corrected chi connectivity index (χ1v) is 26.9. The molecular formula is C54H89FN6O13. The molecule has 0 spiro atoms. The van der Waals surface area contributed by atoms with Crippen molar-refractivity contribution in [2.75, 3.05) is 41.0 Å². The van der Waals surface area contributed by atoms with Gasteiger partial charge < -0.3 is 69.1 Å². The van der Waals surface area contributed by atoms with Crippen LogP contribution in [0.4, 0.5) is 4.39 Å². The number of amides is 1. The number of cyclic esters (lactones) is 1. The third-order valence-electron chi connectivity index (χ3n) is 16.5. The number of rotatable bonds is 16. The number of ether oxygens (including phenoxy) is 6. The molecule has 1 amide bonds. The van der Waals surface area contributed by atoms with Gasteiger partial charge in [-0.1, -0.05) is 38.1 Å². The van der Waals surface area contributed by atoms with E-state index < -0.39 is 121 Å². The molecule has 1 aliphatic carbocycles. The van der Waals surface area contributed by atoms with Crippen LogP contribution < -0.4 is 5.32 Å². The highest BCUT2D eigenvalue weighted by atomic mass is 19.1. The molecule has 4 heterocycles. The van der Waals surface area contributed by atoms with Crippen LogP contribution in [-0.4, -0.2) is 200 Å². The van der Waals surface area contributed by atoms with Crippen molar-refractivity contribution in [1.29, 1.82) is 0 Å². The van der Waals surface area contributed by atoms with Crippen LogP contribution >= 0.6 is 0 Å². The van der Waals surface area contributed by atoms with Gasteiger partial charge in [-0.2, -0.15) is 0 Å². The Morgan fingerprint density at radius 3 is 2.30 bits per heavy atom. The predicted molar refractivity (Wildman–Crippen MR) is 273 cm³/mol. The molecule has 420 valence electrons. The van der Waals surface area contributed by atoms with Gasteiger partial charge in [0.1, 0.15) is 36.7 Å². The van der Waals surface area contributed by atoms with E-state index in [0.29, 0.717) is 18.9 Å². The zero-order chi connectivity index (χ0) is 54.6. The Kier molecular flexibility index (Phi) is 20.3. The molecule has 4 aliphatic rings. The standard InChI is InChI=1S/C54H89FN6O13/c1-14-42-54(10,68)47(64)34(6)60(12)28-30(2)25-52(8,67)49(32(4)46(33(5)50(66)72-42)73-44-26-53(9,69-13)48(65)35(7)71-44)74-51-45(63)41(23-31(3)70-51)59(11)22-21-43(62)56-38(27-55)24-36-15-19-39(20-16-36)61-29-40(57-58-61)37-17-18-37/h15-16,19-20,29-35,37-38,41-42,44-49,51,63-65,67-68H,14,17-18,21-28H2,1-13H3,(H,56,62)/t30-,31-,32+,33-,34-,35+,38+,41+,42-,44+,45-,46+,47-,48+,49-,51+,52-,53-,54-/m1/s1. The first kappa shape index (κ1) is 60.0. The summed E-state index contributed by atoms with van der Waals surface area (Å²) in [5.74, 6) is -2.80. The summed E-state index contributed by atoms with van der Waals surface area (Å²) in [6, 6.07) is 5.66. The summed E-state index contributed by atoms with van der Waals surface area (Å²) >= 11 is 0. The van der Waals surface area contributed by atoms with Crippen molar-refractivity contribution in [3.8, 4) is 5.69 Å². The van der Waals surface area contributed by atoms with Crippen LogP contribution in [0, 0.1) is 17.8 Å². The van der Waals surface area contributed by atoms with E-state index >= 15 is 0 Å². The van der Waals surface area contributed by atoms with Gasteiger partial charge in [-0.15, -0.1) is 5.10 Å². The number of aliphatic hydroxyl groups is 5. The van der Waals surface area contributed by atoms with Crippen molar-refractivity contribution in [2.24, 2.45) is 17.8 Å². The lowest BCUT2D eigenvalue weighted by Gasteiger charge is -2.49. The number of nitrogens with zero attached hydrogens (tertiary/aromatic N) is 5. The van der Waals surface area contributed by atoms with Gasteiger partial charge in [0, 0.05) is 57.0 Å². The molecule has 20 heteroatoms. The highest BCUT2D eigenvalue weighted by molar-refractivity contribution is 5.76. The lowest BCUT2D eigenvalue weighted by Crippen LogP contribution is -2.61. The van der Waals surface area contributed by atoms with E-state index in [0.717, 1.165) is 29.8 Å². The number of hydrogen-bond donors (Lipinski definition) is 6. The Morgan fingerprint density at radius 1 is 1.00 bits per heavy atom. The number of carbonyl (C=O) groups excluding carboxylic acids is 2. The second-order valence-corrected chi connectivity index (χ2v) is 23.1. The van der Waals surface area contributed by atoms with Crippen molar-refractivity contribution in [1.82, 2.24) is 30.1 Å². The van der Waals surface area contributed by atoms with E-state index in [4.69, 9.17) is 28.4 Å². The van der Waals surface area contributed by atoms with Crippen LogP contribution in [-0.2, 0) is 44.4 Å². The minimum absolute atomic E-state index is 0.0181. The summed E-state index contributed by atoms with van der Waals surface area (Å²) in [4.78, 5) is 31.6. The Morgan fingerprint density at radius 2 is 1.68 bits per heavy atom. The number of nitrogens with one attached hydrogen (secondary N) is 1. The van der Waals surface area contributed by atoms with Crippen molar-refractivity contribution in [3.05, 3.63) is 41.7 Å². The monoisotopic (exact) mass is 1050 g/mol. The van der Waals surface area contributed by atoms with E-state index in [1.54, 1.807) is 60.2 Å². The first-order valence-electron chi connectivity index (χ1n) is 26.9. The van der Waals surface area contributed by atoms with Crippen LogP contribution in [0.1, 0.15) is 131 Å². The molecule has 1 aromatic carbocycles. The molecule has 2 aromatic rings. The lowest BCUT2D eigenvalue weighted by molar-refractivity contribution is -0.318. The largest absolute Gasteiger partial charge is 0.459 e. The maximum absolute atomic E-state index is 14.5. The Labute approximate surface area is 437 Å². The average Bonchev–Trinajstić information content (AvgIpc) is 4.09. The molecule has 1 saturated carbocycles. The van der Waals surface area contributed by atoms with E-state index in [-0.39, 0.29) is 50.5 Å². The fourth-order valence-electron chi connectivity index (χ4n) is 11.6. The fourth-order valence-corrected chi connectivity index (χ4v) is 11.6. The molecule has 19 nitrogen and oxygen atoms in total. The maximum atomic E-state index is 14.5. The van der Waals surface area contributed by atoms with Gasteiger partial charge in [-0.05, 0) is 125 Å². The third kappa shape index (κ3) is 14.3. The number of carbonyl (C=O) groups is 2. The van der Waals surface area contributed by atoms with Crippen LogP contribution in [0.5, 0.6) is 0 Å². The number of aliphatic hydroxyl groups excluding tert-OH is 3. The van der Waals surface area contributed by atoms with Gasteiger partial charge >= 0.3 is 5.97 Å². The second kappa shape index (κ2) is 25.0. The number of hydrogen-bond acceptors (Lipinski definition) is 17. The molecule has 19 atom stereocenters. The van der Waals surface area contributed by atoms with Crippen LogP contribution in [0.3, 0.4) is 0 Å². The SMILES string of the molecule is CC[C@H]1OC(=O)[C@H](C)[C@@H](O[C@H]2C[C@@](C)(OC)[C@@H](O)[C@H](C)O2)[C@H](C)[C@@H](O[C@@H]2O[C@H](C)C[C@H](N(C)CCC(=O)N[C@H](CF)Cc3ccc(-n4cc(C5CC5)nn4)cc3)[C@H]2O)[C@](C)(O)C[C@@H](C)CN(C)[C@H](C)[C@@H](O)[C@]1(C)O. The molecule has 0 radical (unpaired) electrons. The van der Waals surface area contributed by atoms with E-state index in [1.165, 1.54) is 14.0 Å². The summed E-state index contributed by atoms with van der Waals surface area (Å²) in [5, 5.41) is 71.0. The maximum Gasteiger partial charge on any atom is 0.311 e. The summed E-state index contributed by atoms with van der Waals surface area (Å²) in [6.45, 7) is 17.1. The summed E-state index contributed by atoms with van der Waals surface area (Å²) in [5.41, 5.74) is -1.95. The second-order valence-electron chi connectivity index (χ2n) is 23.1. The molecule has 6 N–H and O–H groups in total. The molecule has 6 rings (SSSR count). The molecule has 0 unspecified atom stereocenters. The number of aromatic nitrogens is 3. The van der Waals surface area contributed by atoms with Gasteiger partial charge in [-0.25, -0.2) is 9.07 Å². The van der Waals surface area contributed by atoms with Gasteiger partial charge in [0.15, 0.2) is 12.6 Å². The van der Waals surface area contributed by atoms with Crippen LogP contribution in [0.15, 0.2) is 30.5 Å². The highest BCUT2D eigenvalue weighted by Gasteiger charge is 2.53. The number of alkyl halides is 1. The minimum Gasteiger partial charge on any atom is -0.459 e. The molecule has 4 fully saturated rings. The number of methoxy groups -OCH3 is 1. The number of halogens is 1. The lowest BCUT2D eigenvalue weighted by atomic mass is 9.77. The Bertz CT molecular complexity index is 2120. The Hall–Kier alpha value is -3.25. The smallest absolute Gasteiger partial charge is 0.311 e. The molecule has 3 aliphatic heterocycles. The third-order valence-corrected chi connectivity index (χ3v) is 16.5. The number of benzene rings is 1. The van der Waals surface area contributed by atoms with Crippen molar-refractivity contribution in [2.45, 2.75) is 223 Å². The molecular weight excluding hydrogens is 960 g/mol. The predicted octanol–water partition coefficient (Wildman–Crippen LogP) is 3.82. The minimum atomic E-state index is -1.86. The molecule has 3 saturated heterocycles. The van der Waals surface area contributed by atoms with Crippen LogP contribution in [0.25, 0.3) is 5.69 Å². The summed E-state index contributed by atoms with van der Waals surface area (Å²) in [7, 11) is 5.10. The van der Waals surface area contributed by atoms with E-state index in [2.05, 4.69) is 15.6 Å². The van der Waals surface area contributed by atoms with E-state index in [1.807, 2.05) is 61.2 Å². The molecule has 0 bridgehead atoms. The first-order chi connectivity index (χ1) is 34.7. The van der Waals surface area contributed by atoms with Gasteiger partial charge in [-0.3, -0.25) is 9.59 Å². The average molecular weight is 1050 g/mol. The summed E-state index contributed by atoms with van der Waals surface area (Å²) in [6.07, 6.45) is -5.28. The van der Waals surface area contributed by atoms with E-state index in [9.17, 15) is 39.5 Å². The topological polar surface area (TPSA) is 240 Å². The fraction of sp³-hybridized carbons (Fsp3) is 0.815. The zero-order valence-corrected chi connectivity index (χ0v) is 46.1. The molecule has 1 aromatic heterocycles. The Balaban J connectivity index is 1.21. The molecule has 74 heavy (non-hydrogen) atoms. The number of likely N-dealkylation sites (N-methyl/N-ethyl adjacent to an activating group) is 2. The normalized spacial score (nSPS) is 39.7. The van der Waals surface area contributed by atoms with Crippen molar-refractivity contribution in [3.63, 3.8) is 0 Å². The van der Waals surface area contributed by atoms with Crippen LogP contribution in [0.2, 0.25) is 0 Å². The van der Waals surface area contributed by atoms with Crippen molar-refractivity contribution >= 4 is 11.9 Å². The zero-order valence-electron chi connectivity index (χ0n) is 46.1. The van der Waals surface area contributed by atoms with Gasteiger partial charge in [0.05, 0.1) is 65.2 Å². The van der Waals surface area contributed by atoms with Gasteiger partial charge in [0.2, 0.25) is 5.91 Å². The van der Waals surface area contributed by atoms with Crippen molar-refractivity contribution < 1.29 is 67.9 Å².